The average molecular weight is 657 g/mol. The third kappa shape index (κ3) is 4.15. The Morgan fingerprint density at radius 2 is 1.53 bits per heavy atom. The number of fused-ring (bicyclic) bond motifs is 10. The van der Waals surface area contributed by atoms with Gasteiger partial charge in [0.25, 0.3) is 0 Å². The molecule has 4 aliphatic rings. The van der Waals surface area contributed by atoms with Crippen molar-refractivity contribution < 1.29 is 4.42 Å². The van der Waals surface area contributed by atoms with Crippen molar-refractivity contribution in [3.05, 3.63) is 173 Å². The first-order chi connectivity index (χ1) is 25.0. The van der Waals surface area contributed by atoms with Gasteiger partial charge in [-0.15, -0.1) is 0 Å². The van der Waals surface area contributed by atoms with Crippen LogP contribution in [-0.4, -0.2) is 10.3 Å². The van der Waals surface area contributed by atoms with Crippen molar-refractivity contribution in [2.75, 3.05) is 0 Å². The molecule has 0 fully saturated rings. The Morgan fingerprint density at radius 1 is 0.725 bits per heavy atom. The molecule has 5 aromatic carbocycles. The molecule has 1 unspecified atom stereocenters. The summed E-state index contributed by atoms with van der Waals surface area (Å²) in [6, 6.07) is 38.2. The van der Waals surface area contributed by atoms with E-state index in [0.717, 1.165) is 47.7 Å². The predicted octanol–water partition coefficient (Wildman–Crippen LogP) is 12.1. The van der Waals surface area contributed by atoms with Gasteiger partial charge in [-0.1, -0.05) is 111 Å². The zero-order valence-corrected chi connectivity index (χ0v) is 28.8. The second-order valence-corrected chi connectivity index (χ2v) is 15.0. The zero-order valence-electron chi connectivity index (χ0n) is 28.8. The van der Waals surface area contributed by atoms with Crippen LogP contribution in [0.25, 0.3) is 61.4 Å². The molecule has 0 saturated carbocycles. The molecule has 0 amide bonds. The van der Waals surface area contributed by atoms with E-state index in [1.807, 2.05) is 0 Å². The van der Waals surface area contributed by atoms with E-state index in [2.05, 4.69) is 158 Å². The van der Waals surface area contributed by atoms with Crippen LogP contribution in [0.3, 0.4) is 0 Å². The van der Waals surface area contributed by atoms with Gasteiger partial charge in [0.15, 0.2) is 0 Å². The number of aryl methyl sites for hydroxylation is 1. The summed E-state index contributed by atoms with van der Waals surface area (Å²) in [4.78, 5) is 5.31. The smallest absolute Gasteiger partial charge is 0.135 e. The van der Waals surface area contributed by atoms with Crippen LogP contribution in [0.1, 0.15) is 60.3 Å². The summed E-state index contributed by atoms with van der Waals surface area (Å²) in [5, 5.41) is 3.79. The van der Waals surface area contributed by atoms with E-state index in [1.165, 1.54) is 71.7 Å². The molecule has 3 aliphatic carbocycles. The molecule has 0 radical (unpaired) electrons. The first kappa shape index (κ1) is 28.9. The van der Waals surface area contributed by atoms with Crippen LogP contribution in [0, 0.1) is 5.92 Å². The number of hydrogen-bond acceptors (Lipinski definition) is 2. The summed E-state index contributed by atoms with van der Waals surface area (Å²) in [6.45, 7) is 4.73. The van der Waals surface area contributed by atoms with Crippen LogP contribution in [0.15, 0.2) is 148 Å². The van der Waals surface area contributed by atoms with Gasteiger partial charge in [-0.3, -0.25) is 4.99 Å². The lowest BCUT2D eigenvalue weighted by Crippen LogP contribution is -2.17. The number of hydrogen-bond donors (Lipinski definition) is 0. The summed E-state index contributed by atoms with van der Waals surface area (Å²) in [6.07, 6.45) is 16.3. The highest BCUT2D eigenvalue weighted by atomic mass is 16.3. The number of aliphatic imine (C=N–C) groups is 1. The SMILES string of the molecule is CC1(C)c2cc3oc4c(c3cc2-c2cc3c(cc21)c1ccccc1n3-c1ccc(C2=NC(c3ccccc3)=C3C=CC=CC3C2)cc1)C=CCC4. The Morgan fingerprint density at radius 3 is 2.41 bits per heavy atom. The van der Waals surface area contributed by atoms with Crippen molar-refractivity contribution >= 4 is 50.3 Å². The molecule has 3 heteroatoms. The van der Waals surface area contributed by atoms with E-state index in [4.69, 9.17) is 9.41 Å². The number of allylic oxidation sites excluding steroid dienone is 6. The number of nitrogens with zero attached hydrogens (tertiary/aromatic N) is 2. The van der Waals surface area contributed by atoms with Crippen LogP contribution in [0.5, 0.6) is 0 Å². The molecule has 0 saturated heterocycles. The van der Waals surface area contributed by atoms with E-state index in [0.29, 0.717) is 5.92 Å². The molecule has 0 bridgehead atoms. The lowest BCUT2D eigenvalue weighted by Gasteiger charge is -2.26. The van der Waals surface area contributed by atoms with Crippen LogP contribution < -0.4 is 0 Å². The molecular formula is C48H36N2O. The quantitative estimate of drug-likeness (QED) is 0.186. The van der Waals surface area contributed by atoms with Crippen LogP contribution in [0.2, 0.25) is 0 Å². The van der Waals surface area contributed by atoms with Crippen molar-refractivity contribution in [1.29, 1.82) is 0 Å². The Kier molecular flexibility index (Phi) is 5.96. The maximum absolute atomic E-state index is 6.44. The van der Waals surface area contributed by atoms with Gasteiger partial charge >= 0.3 is 0 Å². The Hall–Kier alpha value is -5.93. The monoisotopic (exact) mass is 656 g/mol. The van der Waals surface area contributed by atoms with Gasteiger partial charge in [0, 0.05) is 62.9 Å². The third-order valence-corrected chi connectivity index (χ3v) is 11.8. The van der Waals surface area contributed by atoms with Crippen LogP contribution >= 0.6 is 0 Å². The summed E-state index contributed by atoms with van der Waals surface area (Å²) in [7, 11) is 0. The number of benzene rings is 5. The van der Waals surface area contributed by atoms with E-state index in [-0.39, 0.29) is 5.41 Å². The Bertz CT molecular complexity index is 2780. The fourth-order valence-electron chi connectivity index (χ4n) is 9.20. The van der Waals surface area contributed by atoms with E-state index < -0.39 is 0 Å². The molecule has 11 rings (SSSR count). The summed E-state index contributed by atoms with van der Waals surface area (Å²) >= 11 is 0. The van der Waals surface area contributed by atoms with Gasteiger partial charge in [0.2, 0.25) is 0 Å². The third-order valence-electron chi connectivity index (χ3n) is 11.8. The van der Waals surface area contributed by atoms with Crippen molar-refractivity contribution in [3.8, 4) is 16.8 Å². The lowest BCUT2D eigenvalue weighted by molar-refractivity contribution is 0.545. The van der Waals surface area contributed by atoms with E-state index in [1.54, 1.807) is 0 Å². The van der Waals surface area contributed by atoms with Crippen LogP contribution in [-0.2, 0) is 11.8 Å². The van der Waals surface area contributed by atoms with Gasteiger partial charge < -0.3 is 8.98 Å². The molecule has 0 spiro atoms. The summed E-state index contributed by atoms with van der Waals surface area (Å²) < 4.78 is 8.89. The van der Waals surface area contributed by atoms with Gasteiger partial charge in [-0.25, -0.2) is 0 Å². The molecule has 7 aromatic rings. The minimum absolute atomic E-state index is 0.141. The van der Waals surface area contributed by atoms with Gasteiger partial charge in [-0.05, 0) is 82.3 Å². The molecule has 2 aromatic heterocycles. The number of para-hydroxylation sites is 1. The molecule has 1 atom stereocenters. The van der Waals surface area contributed by atoms with E-state index in [9.17, 15) is 0 Å². The fraction of sp³-hybridized carbons (Fsp3) is 0.146. The maximum Gasteiger partial charge on any atom is 0.135 e. The predicted molar refractivity (Wildman–Crippen MR) is 212 cm³/mol. The number of furan rings is 1. The first-order valence-corrected chi connectivity index (χ1v) is 18.2. The van der Waals surface area contributed by atoms with Crippen molar-refractivity contribution in [3.63, 3.8) is 0 Å². The number of aromatic nitrogens is 1. The number of rotatable bonds is 3. The largest absolute Gasteiger partial charge is 0.460 e. The summed E-state index contributed by atoms with van der Waals surface area (Å²) in [5.74, 6) is 1.45. The fourth-order valence-corrected chi connectivity index (χ4v) is 9.20. The second-order valence-electron chi connectivity index (χ2n) is 15.0. The normalized spacial score (nSPS) is 18.3. The van der Waals surface area contributed by atoms with Gasteiger partial charge in [0.05, 0.1) is 16.7 Å². The Balaban J connectivity index is 1.06. The molecule has 1 aliphatic heterocycles. The molecule has 51 heavy (non-hydrogen) atoms. The molecule has 3 nitrogen and oxygen atoms in total. The molecule has 0 N–H and O–H groups in total. The molecular weight excluding hydrogens is 621 g/mol. The lowest BCUT2D eigenvalue weighted by atomic mass is 9.82. The topological polar surface area (TPSA) is 30.4 Å². The molecule has 244 valence electrons. The first-order valence-electron chi connectivity index (χ1n) is 18.2. The Labute approximate surface area is 297 Å². The van der Waals surface area contributed by atoms with Crippen molar-refractivity contribution in [2.24, 2.45) is 10.9 Å². The highest BCUT2D eigenvalue weighted by Crippen LogP contribution is 2.53. The summed E-state index contributed by atoms with van der Waals surface area (Å²) in [5.41, 5.74) is 16.9. The highest BCUT2D eigenvalue weighted by molar-refractivity contribution is 6.12. The van der Waals surface area contributed by atoms with Crippen molar-refractivity contribution in [2.45, 2.75) is 38.5 Å². The minimum Gasteiger partial charge on any atom is -0.460 e. The molecule has 3 heterocycles. The van der Waals surface area contributed by atoms with Gasteiger partial charge in [0.1, 0.15) is 11.3 Å². The maximum atomic E-state index is 6.44. The van der Waals surface area contributed by atoms with E-state index >= 15 is 0 Å². The van der Waals surface area contributed by atoms with Crippen LogP contribution in [0.4, 0.5) is 0 Å². The van der Waals surface area contributed by atoms with Crippen molar-refractivity contribution in [1.82, 2.24) is 4.57 Å². The second kappa shape index (κ2) is 10.5. The van der Waals surface area contributed by atoms with Gasteiger partial charge in [-0.2, -0.15) is 0 Å². The standard InChI is InChI=1S/C48H36N2O/c1-48(2)40-26-38-34-16-8-10-18-43(34)50(44(38)27-37(40)36-25-39-35-17-9-11-19-45(35)51-46(39)28-41(36)48)32-22-20-29(21-23-32)42-24-31-14-6-7-15-33(31)47(49-42)30-12-4-3-5-13-30/h3-10,12-18,20-23,25-28,31H,11,19,24H2,1-2H3. The highest BCUT2D eigenvalue weighted by Gasteiger charge is 2.38. The minimum atomic E-state index is -0.141. The zero-order chi connectivity index (χ0) is 33.8. The average Bonchev–Trinajstić information content (AvgIpc) is 3.78.